The Labute approximate surface area is 98.2 Å². The van der Waals surface area contributed by atoms with Crippen molar-refractivity contribution in [2.45, 2.75) is 13.3 Å². The molecule has 0 aliphatic carbocycles. The van der Waals surface area contributed by atoms with E-state index in [1.165, 1.54) is 33.8 Å². The van der Waals surface area contributed by atoms with Crippen molar-refractivity contribution in [3.8, 4) is 0 Å². The molecule has 0 aromatic carbocycles. The zero-order valence-electron chi connectivity index (χ0n) is 6.98. The Morgan fingerprint density at radius 2 is 1.27 bits per heavy atom. The number of rotatable bonds is 2. The molecule has 0 spiro atoms. The van der Waals surface area contributed by atoms with Gasteiger partial charge in [0.2, 0.25) is 0 Å². The lowest BCUT2D eigenvalue weighted by Crippen LogP contribution is -1.60. The van der Waals surface area contributed by atoms with Crippen LogP contribution in [0.15, 0.2) is 0 Å². The third kappa shape index (κ3) is 73.4. The van der Waals surface area contributed by atoms with Gasteiger partial charge in [0, 0.05) is 5.75 Å². The second kappa shape index (κ2) is 29.6. The van der Waals surface area contributed by atoms with Crippen LogP contribution >= 0.6 is 67.4 Å². The molecule has 6 heteroatoms. The first-order valence-corrected chi connectivity index (χ1v) is 9.45. The van der Waals surface area contributed by atoms with Crippen molar-refractivity contribution in [2.24, 2.45) is 0 Å². The molecule has 0 bridgehead atoms. The van der Waals surface area contributed by atoms with Crippen molar-refractivity contribution < 1.29 is 0 Å². The Morgan fingerprint density at radius 1 is 1.00 bits per heavy atom. The molecule has 0 aliphatic rings. The van der Waals surface area contributed by atoms with Crippen molar-refractivity contribution in [3.05, 3.63) is 0 Å². The van der Waals surface area contributed by atoms with E-state index < -0.39 is 0 Å². The molecule has 0 amide bonds. The molecule has 0 fully saturated rings. The van der Waals surface area contributed by atoms with Crippen molar-refractivity contribution in [1.82, 2.24) is 0 Å². The predicted octanol–water partition coefficient (Wildman–Crippen LogP) is 4.36. The van der Waals surface area contributed by atoms with Gasteiger partial charge in [-0.3, -0.25) is 0 Å². The third-order valence-electron chi connectivity index (χ3n) is 0.295. The van der Waals surface area contributed by atoms with E-state index in [4.69, 9.17) is 0 Å². The normalized spacial score (nSPS) is 7.09. The Bertz CT molecular complexity index is 30.2. The molecule has 0 atom stereocenters. The van der Waals surface area contributed by atoms with Gasteiger partial charge in [0.15, 0.2) is 0 Å². The Balaban J connectivity index is -0.0000000933. The van der Waals surface area contributed by atoms with Crippen LogP contribution in [0.1, 0.15) is 13.3 Å². The summed E-state index contributed by atoms with van der Waals surface area (Å²) in [4.78, 5) is 0. The van der Waals surface area contributed by atoms with E-state index in [1.54, 1.807) is 10.8 Å². The van der Waals surface area contributed by atoms with Crippen molar-refractivity contribution in [2.75, 3.05) is 18.3 Å². The van der Waals surface area contributed by atoms with Crippen LogP contribution in [0.5, 0.6) is 0 Å². The van der Waals surface area contributed by atoms with E-state index in [2.05, 4.69) is 41.9 Å². The quantitative estimate of drug-likeness (QED) is 0.503. The molecular formula is C5H16S6. The third-order valence-corrected chi connectivity index (χ3v) is 1.43. The van der Waals surface area contributed by atoms with E-state index in [9.17, 15) is 0 Å². The van der Waals surface area contributed by atoms with Gasteiger partial charge in [-0.25, -0.2) is 0 Å². The zero-order chi connectivity index (χ0) is 9.54. The lowest BCUT2D eigenvalue weighted by atomic mass is 10.6. The summed E-state index contributed by atoms with van der Waals surface area (Å²) in [6, 6.07) is 0. The van der Waals surface area contributed by atoms with E-state index in [0.717, 1.165) is 0 Å². The minimum Gasteiger partial charge on any atom is -0.112 e. The maximum atomic E-state index is 3.92. The summed E-state index contributed by atoms with van der Waals surface area (Å²) < 4.78 is 0. The molecule has 0 radical (unpaired) electrons. The monoisotopic (exact) mass is 268 g/mol. The van der Waals surface area contributed by atoms with Gasteiger partial charge in [0.1, 0.15) is 0 Å². The van der Waals surface area contributed by atoms with Crippen LogP contribution in [0.25, 0.3) is 0 Å². The van der Waals surface area contributed by atoms with Crippen LogP contribution in [0, 0.1) is 0 Å². The van der Waals surface area contributed by atoms with E-state index in [-0.39, 0.29) is 0 Å². The first-order valence-electron chi connectivity index (χ1n) is 2.86. The van der Waals surface area contributed by atoms with Gasteiger partial charge in [-0.1, -0.05) is 17.7 Å². The van der Waals surface area contributed by atoms with Crippen molar-refractivity contribution >= 4 is 67.4 Å². The predicted molar refractivity (Wildman–Crippen MR) is 76.7 cm³/mol. The summed E-state index contributed by atoms with van der Waals surface area (Å²) in [6.07, 6.45) is 5.04. The van der Waals surface area contributed by atoms with Gasteiger partial charge in [-0.05, 0) is 18.9 Å². The van der Waals surface area contributed by atoms with Crippen molar-refractivity contribution in [3.63, 3.8) is 0 Å². The molecule has 0 unspecified atom stereocenters. The summed E-state index contributed by atoms with van der Waals surface area (Å²) in [5.74, 6) is 1.17. The van der Waals surface area contributed by atoms with Crippen molar-refractivity contribution in [1.29, 1.82) is 0 Å². The summed E-state index contributed by atoms with van der Waals surface area (Å²) in [6.45, 7) is 2.14. The van der Waals surface area contributed by atoms with Crippen LogP contribution in [-0.4, -0.2) is 18.3 Å². The minimum atomic E-state index is 1.17. The van der Waals surface area contributed by atoms with E-state index >= 15 is 0 Å². The van der Waals surface area contributed by atoms with E-state index in [1.807, 2.05) is 12.5 Å². The molecule has 0 aromatic rings. The number of hydrogen-bond acceptors (Lipinski definition) is 6. The lowest BCUT2D eigenvalue weighted by Gasteiger charge is -1.78. The maximum Gasteiger partial charge on any atom is 0.00318 e. The first kappa shape index (κ1) is 18.8. The zero-order valence-corrected chi connectivity index (χ0v) is 12.1. The largest absolute Gasteiger partial charge is 0.112 e. The topological polar surface area (TPSA) is 0 Å². The summed E-state index contributed by atoms with van der Waals surface area (Å²) in [5.41, 5.74) is 0. The molecule has 72 valence electrons. The van der Waals surface area contributed by atoms with Crippen LogP contribution in [0.4, 0.5) is 0 Å². The number of hydrogen-bond donors (Lipinski definition) is 3. The van der Waals surface area contributed by atoms with Crippen LogP contribution in [-0.2, 0) is 0 Å². The summed E-state index contributed by atoms with van der Waals surface area (Å²) >= 11 is 11.3. The van der Waals surface area contributed by atoms with Gasteiger partial charge < -0.3 is 0 Å². The molecule has 0 heterocycles. The molecule has 0 aliphatic heterocycles. The fraction of sp³-hybridized carbons (Fsp3) is 1.00. The highest BCUT2D eigenvalue weighted by atomic mass is 33.1. The highest BCUT2D eigenvalue weighted by Gasteiger charge is 1.69. The van der Waals surface area contributed by atoms with Gasteiger partial charge in [0.05, 0.1) is 0 Å². The number of thiol groups is 3. The lowest BCUT2D eigenvalue weighted by molar-refractivity contribution is 1.11. The fourth-order valence-corrected chi connectivity index (χ4v) is 0.822. The first-order chi connectivity index (χ1) is 5.24. The smallest absolute Gasteiger partial charge is 0.00318 e. The molecular weight excluding hydrogens is 252 g/mol. The van der Waals surface area contributed by atoms with Crippen LogP contribution < -0.4 is 0 Å². The van der Waals surface area contributed by atoms with Gasteiger partial charge in [0.25, 0.3) is 0 Å². The Hall–Kier alpha value is 2.10. The second-order valence-electron chi connectivity index (χ2n) is 1.20. The molecule has 0 rings (SSSR count). The Kier molecular flexibility index (Phi) is 50.6. The molecule has 0 nitrogen and oxygen atoms in total. The average Bonchev–Trinajstić information content (AvgIpc) is 1.92. The molecule has 0 saturated heterocycles. The Morgan fingerprint density at radius 3 is 1.27 bits per heavy atom. The second-order valence-corrected chi connectivity index (χ2v) is 5.56. The molecule has 11 heavy (non-hydrogen) atoms. The fourth-order valence-electron chi connectivity index (χ4n) is 0.0913. The van der Waals surface area contributed by atoms with Gasteiger partial charge >= 0.3 is 0 Å². The minimum absolute atomic E-state index is 1.17. The summed E-state index contributed by atoms with van der Waals surface area (Å²) in [5, 5.41) is 0. The van der Waals surface area contributed by atoms with Gasteiger partial charge in [-0.2, -0.15) is 0 Å². The molecule has 0 saturated carbocycles. The van der Waals surface area contributed by atoms with Crippen LogP contribution in [0.3, 0.4) is 0 Å². The molecule has 0 aromatic heterocycles. The van der Waals surface area contributed by atoms with Crippen LogP contribution in [0.2, 0.25) is 0 Å². The summed E-state index contributed by atoms with van der Waals surface area (Å²) in [7, 11) is 4.48. The molecule has 0 N–H and O–H groups in total. The standard InChI is InChI=1S/C3H8S2.2CH4S2/c1-2-3-5-4;2*1-3-2/h4H,2-3H2,1H3;2*2H,1H3. The maximum absolute atomic E-state index is 3.92. The highest BCUT2D eigenvalue weighted by Crippen LogP contribution is 2.04. The SMILES string of the molecule is CCCSS.CSS.CSS. The highest BCUT2D eigenvalue weighted by molar-refractivity contribution is 8.68. The van der Waals surface area contributed by atoms with E-state index in [0.29, 0.717) is 0 Å². The average molecular weight is 269 g/mol. The van der Waals surface area contributed by atoms with Gasteiger partial charge in [-0.15, -0.1) is 56.6 Å².